The molecule has 0 spiro atoms. The number of hydrogen-bond acceptors (Lipinski definition) is 3. The fraction of sp³-hybridized carbons (Fsp3) is 0.250. The minimum absolute atomic E-state index is 0.0361. The molecule has 100 valence electrons. The molecule has 0 fully saturated rings. The molecule has 0 radical (unpaired) electrons. The molecule has 2 aromatic carbocycles. The van der Waals surface area contributed by atoms with E-state index in [-0.39, 0.29) is 12.4 Å². The zero-order valence-corrected chi connectivity index (χ0v) is 11.2. The molecule has 0 aromatic heterocycles. The zero-order valence-electron chi connectivity index (χ0n) is 11.2. The highest BCUT2D eigenvalue weighted by atomic mass is 16.3. The fourth-order valence-corrected chi connectivity index (χ4v) is 1.99. The average molecular weight is 257 g/mol. The van der Waals surface area contributed by atoms with Crippen LogP contribution in [0, 0.1) is 6.92 Å². The summed E-state index contributed by atoms with van der Waals surface area (Å²) < 4.78 is 0. The number of rotatable bonds is 4. The van der Waals surface area contributed by atoms with Gasteiger partial charge in [-0.3, -0.25) is 0 Å². The summed E-state index contributed by atoms with van der Waals surface area (Å²) in [6, 6.07) is 14.9. The van der Waals surface area contributed by atoms with Gasteiger partial charge in [0.05, 0.1) is 12.1 Å². The molecular weight excluding hydrogens is 238 g/mol. The average Bonchev–Trinajstić information content (AvgIpc) is 2.42. The molecule has 3 nitrogen and oxygen atoms in total. The van der Waals surface area contributed by atoms with Crippen LogP contribution in [0.15, 0.2) is 48.5 Å². The zero-order chi connectivity index (χ0) is 13.9. The summed E-state index contributed by atoms with van der Waals surface area (Å²) in [5.74, 6) is 0.222. The summed E-state index contributed by atoms with van der Waals surface area (Å²) in [5.41, 5.74) is 2.49. The molecule has 0 aliphatic heterocycles. The first-order chi connectivity index (χ1) is 9.03. The van der Waals surface area contributed by atoms with Crippen molar-refractivity contribution >= 4 is 5.69 Å². The second-order valence-electron chi connectivity index (χ2n) is 5.03. The predicted molar refractivity (Wildman–Crippen MR) is 77.3 cm³/mol. The minimum Gasteiger partial charge on any atom is -0.508 e. The molecule has 0 heterocycles. The van der Waals surface area contributed by atoms with E-state index in [1.165, 1.54) is 5.56 Å². The minimum atomic E-state index is -0.580. The number of phenolic OH excluding ortho intramolecular Hbond substituents is 1. The summed E-state index contributed by atoms with van der Waals surface area (Å²) in [4.78, 5) is 0. The number of hydrogen-bond donors (Lipinski definition) is 3. The number of benzene rings is 2. The van der Waals surface area contributed by atoms with Gasteiger partial charge in [-0.25, -0.2) is 0 Å². The number of aryl methyl sites for hydroxylation is 1. The predicted octanol–water partition coefficient (Wildman–Crippen LogP) is 3.02. The fourth-order valence-electron chi connectivity index (χ4n) is 1.99. The van der Waals surface area contributed by atoms with E-state index in [9.17, 15) is 10.2 Å². The Morgan fingerprint density at radius 1 is 1.00 bits per heavy atom. The third-order valence-corrected chi connectivity index (χ3v) is 3.29. The third kappa shape index (κ3) is 3.06. The van der Waals surface area contributed by atoms with Crippen molar-refractivity contribution in [2.75, 3.05) is 11.9 Å². The van der Waals surface area contributed by atoms with Crippen molar-refractivity contribution in [2.45, 2.75) is 19.4 Å². The number of anilines is 1. The number of aliphatic hydroxyl groups excluding tert-OH is 1. The summed E-state index contributed by atoms with van der Waals surface area (Å²) in [6.45, 7) is 3.93. The van der Waals surface area contributed by atoms with Gasteiger partial charge < -0.3 is 15.5 Å². The van der Waals surface area contributed by atoms with E-state index in [2.05, 4.69) is 5.32 Å². The van der Waals surface area contributed by atoms with Crippen molar-refractivity contribution in [1.29, 1.82) is 0 Å². The number of nitrogens with one attached hydrogen (secondary N) is 1. The number of aromatic hydroxyl groups is 1. The van der Waals surface area contributed by atoms with Crippen LogP contribution in [0.2, 0.25) is 0 Å². The van der Waals surface area contributed by atoms with Gasteiger partial charge in [0.15, 0.2) is 0 Å². The molecule has 0 aliphatic carbocycles. The van der Waals surface area contributed by atoms with E-state index in [0.29, 0.717) is 0 Å². The van der Waals surface area contributed by atoms with Crippen molar-refractivity contribution in [3.05, 3.63) is 59.7 Å². The van der Waals surface area contributed by atoms with Crippen molar-refractivity contribution in [1.82, 2.24) is 0 Å². The monoisotopic (exact) mass is 257 g/mol. The maximum absolute atomic E-state index is 9.70. The van der Waals surface area contributed by atoms with Crippen LogP contribution in [-0.2, 0) is 5.54 Å². The number of aliphatic hydroxyl groups is 1. The Kier molecular flexibility index (Phi) is 3.76. The van der Waals surface area contributed by atoms with Crippen molar-refractivity contribution in [3.63, 3.8) is 0 Å². The summed E-state index contributed by atoms with van der Waals surface area (Å²) in [6.07, 6.45) is 0. The van der Waals surface area contributed by atoms with E-state index in [4.69, 9.17) is 0 Å². The number of phenols is 1. The Morgan fingerprint density at radius 2 is 1.58 bits per heavy atom. The van der Waals surface area contributed by atoms with Gasteiger partial charge in [0.1, 0.15) is 5.75 Å². The molecule has 0 saturated heterocycles. The lowest BCUT2D eigenvalue weighted by atomic mass is 9.92. The Hall–Kier alpha value is -2.00. The molecule has 0 aliphatic rings. The van der Waals surface area contributed by atoms with Crippen molar-refractivity contribution in [3.8, 4) is 5.75 Å². The molecular formula is C16H19NO2. The van der Waals surface area contributed by atoms with Crippen LogP contribution in [0.1, 0.15) is 18.1 Å². The van der Waals surface area contributed by atoms with Crippen LogP contribution in [0.3, 0.4) is 0 Å². The highest BCUT2D eigenvalue weighted by Crippen LogP contribution is 2.27. The first-order valence-corrected chi connectivity index (χ1v) is 6.29. The molecule has 0 saturated carbocycles. The molecule has 3 heteroatoms. The Labute approximate surface area is 113 Å². The second-order valence-corrected chi connectivity index (χ2v) is 5.03. The molecule has 2 rings (SSSR count). The van der Waals surface area contributed by atoms with Gasteiger partial charge in [-0.2, -0.15) is 0 Å². The smallest absolute Gasteiger partial charge is 0.115 e. The lowest BCUT2D eigenvalue weighted by molar-refractivity contribution is 0.224. The van der Waals surface area contributed by atoms with Gasteiger partial charge in [-0.1, -0.05) is 29.8 Å². The van der Waals surface area contributed by atoms with E-state index in [0.717, 1.165) is 11.3 Å². The largest absolute Gasteiger partial charge is 0.508 e. The second kappa shape index (κ2) is 5.33. The molecule has 1 unspecified atom stereocenters. The van der Waals surface area contributed by atoms with Crippen LogP contribution in [0.4, 0.5) is 5.69 Å². The van der Waals surface area contributed by atoms with Crippen LogP contribution in [-0.4, -0.2) is 16.8 Å². The summed E-state index contributed by atoms with van der Waals surface area (Å²) >= 11 is 0. The van der Waals surface area contributed by atoms with Crippen molar-refractivity contribution < 1.29 is 10.2 Å². The highest BCUT2D eigenvalue weighted by Gasteiger charge is 2.25. The van der Waals surface area contributed by atoms with E-state index in [1.54, 1.807) is 12.1 Å². The maximum Gasteiger partial charge on any atom is 0.115 e. The van der Waals surface area contributed by atoms with Crippen molar-refractivity contribution in [2.24, 2.45) is 0 Å². The highest BCUT2D eigenvalue weighted by molar-refractivity contribution is 5.49. The van der Waals surface area contributed by atoms with Gasteiger partial charge in [-0.15, -0.1) is 0 Å². The van der Waals surface area contributed by atoms with E-state index in [1.807, 2.05) is 50.2 Å². The van der Waals surface area contributed by atoms with Crippen LogP contribution in [0.5, 0.6) is 5.75 Å². The van der Waals surface area contributed by atoms with E-state index < -0.39 is 5.54 Å². The SMILES string of the molecule is Cc1ccc(NC(C)(CO)c2ccc(O)cc2)cc1. The standard InChI is InChI=1S/C16H19NO2/c1-12-3-7-14(8-4-12)17-16(2,11-18)13-5-9-15(19)10-6-13/h3-10,17-19H,11H2,1-2H3. The molecule has 0 bridgehead atoms. The van der Waals surface area contributed by atoms with Crippen LogP contribution >= 0.6 is 0 Å². The first kappa shape index (κ1) is 13.4. The summed E-state index contributed by atoms with van der Waals surface area (Å²) in [5, 5.41) is 22.4. The normalized spacial score (nSPS) is 13.8. The topological polar surface area (TPSA) is 52.5 Å². The Morgan fingerprint density at radius 3 is 2.11 bits per heavy atom. The third-order valence-electron chi connectivity index (χ3n) is 3.29. The van der Waals surface area contributed by atoms with Crippen LogP contribution in [0.25, 0.3) is 0 Å². The summed E-state index contributed by atoms with van der Waals surface area (Å²) in [7, 11) is 0. The van der Waals surface area contributed by atoms with Crippen LogP contribution < -0.4 is 5.32 Å². The molecule has 19 heavy (non-hydrogen) atoms. The van der Waals surface area contributed by atoms with E-state index >= 15 is 0 Å². The Bertz CT molecular complexity index is 534. The van der Waals surface area contributed by atoms with Gasteiger partial charge >= 0.3 is 0 Å². The van der Waals surface area contributed by atoms with Gasteiger partial charge in [-0.05, 0) is 43.7 Å². The van der Waals surface area contributed by atoms with Gasteiger partial charge in [0.2, 0.25) is 0 Å². The molecule has 0 amide bonds. The molecule has 3 N–H and O–H groups in total. The lowest BCUT2D eigenvalue weighted by Crippen LogP contribution is -2.35. The molecule has 1 atom stereocenters. The quantitative estimate of drug-likeness (QED) is 0.789. The van der Waals surface area contributed by atoms with Gasteiger partial charge in [0, 0.05) is 5.69 Å². The Balaban J connectivity index is 2.27. The van der Waals surface area contributed by atoms with Gasteiger partial charge in [0.25, 0.3) is 0 Å². The molecule has 2 aromatic rings. The lowest BCUT2D eigenvalue weighted by Gasteiger charge is -2.30. The maximum atomic E-state index is 9.70. The first-order valence-electron chi connectivity index (χ1n) is 6.29.